The zero-order valence-corrected chi connectivity index (χ0v) is 13.0. The second-order valence-electron chi connectivity index (χ2n) is 4.75. The van der Waals surface area contributed by atoms with E-state index in [9.17, 15) is 8.42 Å². The van der Waals surface area contributed by atoms with Crippen LogP contribution in [0.15, 0.2) is 41.8 Å². The van der Waals surface area contributed by atoms with E-state index in [1.807, 2.05) is 18.2 Å². The van der Waals surface area contributed by atoms with Gasteiger partial charge >= 0.3 is 0 Å². The number of para-hydroxylation sites is 1. The Morgan fingerprint density at radius 1 is 1.25 bits per heavy atom. The van der Waals surface area contributed by atoms with Gasteiger partial charge in [0.2, 0.25) is 10.0 Å². The highest BCUT2D eigenvalue weighted by molar-refractivity contribution is 7.97. The molecule has 20 heavy (non-hydrogen) atoms. The van der Waals surface area contributed by atoms with Crippen LogP contribution in [0.4, 0.5) is 5.69 Å². The molecule has 0 atom stereocenters. The highest BCUT2D eigenvalue weighted by atomic mass is 32.2. The summed E-state index contributed by atoms with van der Waals surface area (Å²) in [5.74, 6) is -0.0737. The highest BCUT2D eigenvalue weighted by Crippen LogP contribution is 2.32. The van der Waals surface area contributed by atoms with E-state index in [0.717, 1.165) is 18.0 Å². The third kappa shape index (κ3) is 4.54. The summed E-state index contributed by atoms with van der Waals surface area (Å²) in [7, 11) is -3.35. The lowest BCUT2D eigenvalue weighted by Gasteiger charge is -2.26. The summed E-state index contributed by atoms with van der Waals surface area (Å²) in [4.78, 5) is 0.946. The average molecular weight is 312 g/mol. The molecule has 4 nitrogen and oxygen atoms in total. The number of nitrogens with one attached hydrogen (secondary N) is 1. The lowest BCUT2D eigenvalue weighted by atomic mass is 10.2. The minimum atomic E-state index is -3.35. The molecule has 0 amide bonds. The van der Waals surface area contributed by atoms with Gasteiger partial charge in [-0.05, 0) is 36.9 Å². The summed E-state index contributed by atoms with van der Waals surface area (Å²) >= 11 is 1.63. The maximum absolute atomic E-state index is 11.8. The lowest BCUT2D eigenvalue weighted by Crippen LogP contribution is -2.23. The molecule has 1 aliphatic rings. The monoisotopic (exact) mass is 312 g/mol. The number of hydrogen-bond acceptors (Lipinski definition) is 4. The fourth-order valence-corrected chi connectivity index (χ4v) is 4.14. The Bertz CT molecular complexity index is 552. The van der Waals surface area contributed by atoms with E-state index < -0.39 is 10.0 Å². The molecule has 0 aromatic heterocycles. The van der Waals surface area contributed by atoms with Gasteiger partial charge in [-0.3, -0.25) is 4.72 Å². The van der Waals surface area contributed by atoms with Gasteiger partial charge in [0.15, 0.2) is 0 Å². The number of piperidine rings is 1. The minimum absolute atomic E-state index is 0.0737. The number of benzene rings is 1. The first-order chi connectivity index (χ1) is 9.61. The molecule has 1 N–H and O–H groups in total. The molecule has 0 spiro atoms. The van der Waals surface area contributed by atoms with Crippen LogP contribution in [0.1, 0.15) is 19.3 Å². The molecule has 0 bridgehead atoms. The second-order valence-corrected chi connectivity index (χ2v) is 7.66. The predicted octanol–water partition coefficient (Wildman–Crippen LogP) is 3.11. The first kappa shape index (κ1) is 15.4. The molecular weight excluding hydrogens is 292 g/mol. The van der Waals surface area contributed by atoms with Gasteiger partial charge in [0.1, 0.15) is 0 Å². The Morgan fingerprint density at radius 3 is 2.65 bits per heavy atom. The Labute approximate surface area is 125 Å². The number of nitrogens with zero attached hydrogens (tertiary/aromatic N) is 1. The van der Waals surface area contributed by atoms with Crippen LogP contribution >= 0.6 is 11.9 Å². The first-order valence-corrected chi connectivity index (χ1v) is 9.16. The average Bonchev–Trinajstić information content (AvgIpc) is 2.42. The zero-order valence-electron chi connectivity index (χ0n) is 11.4. The lowest BCUT2D eigenvalue weighted by molar-refractivity contribution is 0.380. The number of rotatable bonds is 6. The van der Waals surface area contributed by atoms with E-state index in [4.69, 9.17) is 0 Å². The minimum Gasteiger partial charge on any atom is -0.282 e. The third-order valence-electron chi connectivity index (χ3n) is 3.03. The molecule has 2 rings (SSSR count). The van der Waals surface area contributed by atoms with Gasteiger partial charge < -0.3 is 0 Å². The van der Waals surface area contributed by atoms with E-state index in [1.54, 1.807) is 18.0 Å². The van der Waals surface area contributed by atoms with E-state index in [-0.39, 0.29) is 5.75 Å². The van der Waals surface area contributed by atoms with Gasteiger partial charge in [-0.1, -0.05) is 24.6 Å². The van der Waals surface area contributed by atoms with Crippen molar-refractivity contribution in [1.82, 2.24) is 4.31 Å². The van der Waals surface area contributed by atoms with Crippen molar-refractivity contribution in [2.24, 2.45) is 0 Å². The summed E-state index contributed by atoms with van der Waals surface area (Å²) < 4.78 is 28.6. The van der Waals surface area contributed by atoms with Crippen LogP contribution < -0.4 is 4.72 Å². The standard InChI is InChI=1S/C14H20N2O2S2/c1-2-12-20(17,18)15-13-8-4-5-9-14(13)19-16-10-6-3-7-11-16/h2,4-5,8-9,15H,1,3,6-7,10-12H2. The molecule has 1 heterocycles. The summed E-state index contributed by atoms with van der Waals surface area (Å²) in [5.41, 5.74) is 0.643. The Morgan fingerprint density at radius 2 is 1.95 bits per heavy atom. The van der Waals surface area contributed by atoms with Crippen molar-refractivity contribution in [2.45, 2.75) is 24.2 Å². The van der Waals surface area contributed by atoms with Gasteiger partial charge in [0, 0.05) is 18.0 Å². The van der Waals surface area contributed by atoms with Crippen molar-refractivity contribution in [3.63, 3.8) is 0 Å². The summed E-state index contributed by atoms with van der Waals surface area (Å²) in [5, 5.41) is 0. The molecule has 0 saturated carbocycles. The van der Waals surface area contributed by atoms with Crippen molar-refractivity contribution < 1.29 is 8.42 Å². The van der Waals surface area contributed by atoms with E-state index in [1.165, 1.54) is 25.3 Å². The van der Waals surface area contributed by atoms with Crippen molar-refractivity contribution in [1.29, 1.82) is 0 Å². The van der Waals surface area contributed by atoms with E-state index in [0.29, 0.717) is 5.69 Å². The Balaban J connectivity index is 2.11. The van der Waals surface area contributed by atoms with Crippen LogP contribution in [0.2, 0.25) is 0 Å². The second kappa shape index (κ2) is 7.15. The smallest absolute Gasteiger partial charge is 0.236 e. The van der Waals surface area contributed by atoms with Crippen LogP contribution in [0, 0.1) is 0 Å². The largest absolute Gasteiger partial charge is 0.282 e. The SMILES string of the molecule is C=CCS(=O)(=O)Nc1ccccc1SN1CCCCC1. The van der Waals surface area contributed by atoms with Crippen LogP contribution in [-0.2, 0) is 10.0 Å². The first-order valence-electron chi connectivity index (χ1n) is 6.74. The summed E-state index contributed by atoms with van der Waals surface area (Å²) in [6.45, 7) is 5.58. The van der Waals surface area contributed by atoms with Crippen LogP contribution in [0.25, 0.3) is 0 Å². The molecular formula is C14H20N2O2S2. The Hall–Kier alpha value is -0.980. The maximum atomic E-state index is 11.8. The molecule has 1 aromatic carbocycles. The fourth-order valence-electron chi connectivity index (χ4n) is 2.09. The number of hydrogen-bond donors (Lipinski definition) is 1. The van der Waals surface area contributed by atoms with Gasteiger partial charge in [-0.2, -0.15) is 0 Å². The molecule has 1 fully saturated rings. The van der Waals surface area contributed by atoms with Gasteiger partial charge in [-0.25, -0.2) is 12.7 Å². The quantitative estimate of drug-likeness (QED) is 0.648. The molecule has 0 unspecified atom stereocenters. The molecule has 0 radical (unpaired) electrons. The van der Waals surface area contributed by atoms with Gasteiger partial charge in [-0.15, -0.1) is 6.58 Å². The molecule has 1 aromatic rings. The van der Waals surface area contributed by atoms with Gasteiger partial charge in [0.05, 0.1) is 11.4 Å². The van der Waals surface area contributed by atoms with Crippen LogP contribution in [-0.4, -0.2) is 31.6 Å². The number of sulfonamides is 1. The highest BCUT2D eigenvalue weighted by Gasteiger charge is 2.15. The summed E-state index contributed by atoms with van der Waals surface area (Å²) in [6, 6.07) is 7.52. The topological polar surface area (TPSA) is 49.4 Å². The predicted molar refractivity (Wildman–Crippen MR) is 85.3 cm³/mol. The molecule has 110 valence electrons. The molecule has 1 aliphatic heterocycles. The number of anilines is 1. The van der Waals surface area contributed by atoms with Crippen molar-refractivity contribution in [3.05, 3.63) is 36.9 Å². The summed E-state index contributed by atoms with van der Waals surface area (Å²) in [6.07, 6.45) is 5.09. The molecule has 6 heteroatoms. The van der Waals surface area contributed by atoms with Gasteiger partial charge in [0.25, 0.3) is 0 Å². The van der Waals surface area contributed by atoms with Crippen molar-refractivity contribution in [2.75, 3.05) is 23.6 Å². The normalized spacial score (nSPS) is 16.8. The zero-order chi connectivity index (χ0) is 14.4. The Kier molecular flexibility index (Phi) is 5.51. The van der Waals surface area contributed by atoms with Crippen molar-refractivity contribution in [3.8, 4) is 0 Å². The third-order valence-corrected chi connectivity index (χ3v) is 5.41. The molecule has 0 aliphatic carbocycles. The fraction of sp³-hybridized carbons (Fsp3) is 0.429. The maximum Gasteiger partial charge on any atom is 0.236 e. The van der Waals surface area contributed by atoms with Crippen LogP contribution in [0.3, 0.4) is 0 Å². The van der Waals surface area contributed by atoms with Crippen molar-refractivity contribution >= 4 is 27.7 Å². The van der Waals surface area contributed by atoms with Crippen LogP contribution in [0.5, 0.6) is 0 Å². The van der Waals surface area contributed by atoms with E-state index in [2.05, 4.69) is 15.6 Å². The molecule has 1 saturated heterocycles. The van der Waals surface area contributed by atoms with E-state index >= 15 is 0 Å².